The van der Waals surface area contributed by atoms with Crippen molar-refractivity contribution < 1.29 is 14.3 Å². The normalized spacial score (nSPS) is 41.2. The van der Waals surface area contributed by atoms with Crippen LogP contribution in [0.4, 0.5) is 0 Å². The first-order valence-corrected chi connectivity index (χ1v) is 13.3. The van der Waals surface area contributed by atoms with Gasteiger partial charge in [-0.15, -0.1) is 0 Å². The molecular weight excluding hydrogens is 430 g/mol. The molecule has 6 aliphatic rings. The number of rotatable bonds is 9. The van der Waals surface area contributed by atoms with Crippen LogP contribution >= 0.6 is 0 Å². The van der Waals surface area contributed by atoms with Gasteiger partial charge in [-0.1, -0.05) is 6.42 Å². The second-order valence-electron chi connectivity index (χ2n) is 12.4. The maximum absolute atomic E-state index is 13.7. The topological polar surface area (TPSA) is 126 Å². The van der Waals surface area contributed by atoms with Crippen LogP contribution in [0.25, 0.3) is 0 Å². The molecule has 8 heteroatoms. The molecule has 0 aromatic rings. The molecule has 1 amide bonds. The number of nitrogens with zero attached hydrogens (tertiary/aromatic N) is 3. The standard InChI is InChI=1S/C26H41N5O3/c1-30(2)20(5-3-4-6-27)24(33)34-26-12-16-7-17(13-26)11-25(10-16,15-26)22(29)23(32)31-19(14-28)8-18-9-21(18)31/h16-22H,3-13,15,27,29H2,1-2H3/t16?,17?,18-,19+,20+,21+,22-,25?,26?/m1/s1. The molecule has 188 valence electrons. The van der Waals surface area contributed by atoms with E-state index in [2.05, 4.69) is 6.07 Å². The number of nitrogens with two attached hydrogens (primary N) is 2. The van der Waals surface area contributed by atoms with Crippen LogP contribution in [0.2, 0.25) is 0 Å². The van der Waals surface area contributed by atoms with E-state index < -0.39 is 11.6 Å². The summed E-state index contributed by atoms with van der Waals surface area (Å²) in [5.74, 6) is 1.17. The Morgan fingerprint density at radius 3 is 2.47 bits per heavy atom. The molecule has 8 nitrogen and oxygen atoms in total. The number of hydrogen-bond donors (Lipinski definition) is 2. The first-order chi connectivity index (χ1) is 16.2. The number of hydrogen-bond acceptors (Lipinski definition) is 7. The van der Waals surface area contributed by atoms with Gasteiger partial charge in [0.25, 0.3) is 0 Å². The van der Waals surface area contributed by atoms with Gasteiger partial charge in [0.05, 0.1) is 12.1 Å². The van der Waals surface area contributed by atoms with Crippen molar-refractivity contribution in [3.63, 3.8) is 0 Å². The van der Waals surface area contributed by atoms with E-state index in [0.717, 1.165) is 64.2 Å². The summed E-state index contributed by atoms with van der Waals surface area (Å²) in [6.45, 7) is 0.627. The van der Waals surface area contributed by atoms with Gasteiger partial charge in [-0.25, -0.2) is 0 Å². The van der Waals surface area contributed by atoms with Gasteiger partial charge < -0.3 is 21.1 Å². The van der Waals surface area contributed by atoms with Gasteiger partial charge in [0.15, 0.2) is 0 Å². The molecule has 0 aromatic carbocycles. The van der Waals surface area contributed by atoms with Crippen molar-refractivity contribution in [1.82, 2.24) is 9.80 Å². The lowest BCUT2D eigenvalue weighted by Crippen LogP contribution is -2.66. The highest BCUT2D eigenvalue weighted by Gasteiger charge is 2.64. The Balaban J connectivity index is 1.33. The van der Waals surface area contributed by atoms with Gasteiger partial charge in [-0.05, 0) is 108 Å². The molecular formula is C26H41N5O3. The lowest BCUT2D eigenvalue weighted by Gasteiger charge is -2.62. The van der Waals surface area contributed by atoms with Crippen molar-refractivity contribution in [3.05, 3.63) is 0 Å². The molecule has 1 heterocycles. The summed E-state index contributed by atoms with van der Waals surface area (Å²) >= 11 is 0. The van der Waals surface area contributed by atoms with Crippen LogP contribution in [0.5, 0.6) is 0 Å². The molecule has 1 aliphatic heterocycles. The predicted octanol–water partition coefficient (Wildman–Crippen LogP) is 1.77. The number of likely N-dealkylation sites (N-methyl/N-ethyl adjacent to an activating group) is 1. The Bertz CT molecular complexity index is 855. The number of unbranched alkanes of at least 4 members (excludes halogenated alkanes) is 1. The van der Waals surface area contributed by atoms with Gasteiger partial charge in [0.1, 0.15) is 17.7 Å². The number of carbonyl (C=O) groups is 2. The van der Waals surface area contributed by atoms with Crippen LogP contribution in [-0.4, -0.2) is 72.1 Å². The highest BCUT2D eigenvalue weighted by molar-refractivity contribution is 5.84. The summed E-state index contributed by atoms with van der Waals surface area (Å²) in [5.41, 5.74) is 11.6. The van der Waals surface area contributed by atoms with E-state index in [1.54, 1.807) is 0 Å². The van der Waals surface area contributed by atoms with Crippen molar-refractivity contribution in [3.8, 4) is 6.07 Å². The van der Waals surface area contributed by atoms with Gasteiger partial charge in [0, 0.05) is 6.04 Å². The van der Waals surface area contributed by atoms with Crippen molar-refractivity contribution in [2.24, 2.45) is 34.6 Å². The van der Waals surface area contributed by atoms with E-state index in [-0.39, 0.29) is 35.4 Å². The minimum absolute atomic E-state index is 0.0482. The molecule has 4 N–H and O–H groups in total. The quantitative estimate of drug-likeness (QED) is 0.388. The van der Waals surface area contributed by atoms with E-state index in [0.29, 0.717) is 30.7 Å². The third-order valence-corrected chi connectivity index (χ3v) is 9.63. The second kappa shape index (κ2) is 8.76. The number of carbonyl (C=O) groups excluding carboxylic acids is 2. The average Bonchev–Trinajstić information content (AvgIpc) is 3.43. The zero-order valence-electron chi connectivity index (χ0n) is 20.7. The van der Waals surface area contributed by atoms with Crippen LogP contribution in [0, 0.1) is 34.5 Å². The summed E-state index contributed by atoms with van der Waals surface area (Å²) in [6.07, 6.45) is 9.78. The maximum Gasteiger partial charge on any atom is 0.323 e. The summed E-state index contributed by atoms with van der Waals surface area (Å²) in [5, 5.41) is 9.60. The van der Waals surface area contributed by atoms with Crippen LogP contribution < -0.4 is 11.5 Å². The number of fused-ring (bicyclic) bond motifs is 1. The van der Waals surface area contributed by atoms with E-state index in [4.69, 9.17) is 16.2 Å². The summed E-state index contributed by atoms with van der Waals surface area (Å²) in [4.78, 5) is 30.8. The van der Waals surface area contributed by atoms with Crippen LogP contribution in [0.3, 0.4) is 0 Å². The van der Waals surface area contributed by atoms with E-state index in [9.17, 15) is 14.9 Å². The molecule has 5 aliphatic carbocycles. The predicted molar refractivity (Wildman–Crippen MR) is 127 cm³/mol. The Morgan fingerprint density at radius 2 is 1.85 bits per heavy atom. The number of ether oxygens (including phenoxy) is 1. The molecule has 0 spiro atoms. The third kappa shape index (κ3) is 4.04. The number of piperidine rings is 1. The van der Waals surface area contributed by atoms with Crippen LogP contribution in [-0.2, 0) is 14.3 Å². The van der Waals surface area contributed by atoms with Crippen molar-refractivity contribution in [1.29, 1.82) is 5.26 Å². The fourth-order valence-corrected chi connectivity index (χ4v) is 8.39. The smallest absolute Gasteiger partial charge is 0.323 e. The Kier molecular flexibility index (Phi) is 6.19. The van der Waals surface area contributed by atoms with Crippen LogP contribution in [0.15, 0.2) is 0 Å². The van der Waals surface area contributed by atoms with Gasteiger partial charge in [-0.2, -0.15) is 5.26 Å². The van der Waals surface area contributed by atoms with Gasteiger partial charge >= 0.3 is 5.97 Å². The van der Waals surface area contributed by atoms with Crippen molar-refractivity contribution in [2.45, 2.75) is 100 Å². The molecule has 6 rings (SSSR count). The molecule has 0 aromatic heterocycles. The van der Waals surface area contributed by atoms with Gasteiger partial charge in [0.2, 0.25) is 5.91 Å². The minimum atomic E-state index is -0.624. The van der Waals surface area contributed by atoms with Crippen molar-refractivity contribution in [2.75, 3.05) is 20.6 Å². The molecule has 2 unspecified atom stereocenters. The fourth-order valence-electron chi connectivity index (χ4n) is 8.39. The maximum atomic E-state index is 13.7. The second-order valence-corrected chi connectivity index (χ2v) is 12.4. The zero-order valence-corrected chi connectivity index (χ0v) is 20.7. The molecule has 34 heavy (non-hydrogen) atoms. The Hall–Kier alpha value is -1.69. The first kappa shape index (κ1) is 24.0. The lowest BCUT2D eigenvalue weighted by molar-refractivity contribution is -0.209. The third-order valence-electron chi connectivity index (χ3n) is 9.63. The van der Waals surface area contributed by atoms with E-state index >= 15 is 0 Å². The Morgan fingerprint density at radius 1 is 1.15 bits per heavy atom. The number of likely N-dealkylation sites (tertiary alicyclic amines) is 1. The highest BCUT2D eigenvalue weighted by atomic mass is 16.6. The molecule has 5 saturated carbocycles. The summed E-state index contributed by atoms with van der Waals surface area (Å²) < 4.78 is 6.41. The largest absolute Gasteiger partial charge is 0.458 e. The monoisotopic (exact) mass is 471 g/mol. The molecule has 0 radical (unpaired) electrons. The molecule has 4 bridgehead atoms. The molecule has 6 fully saturated rings. The zero-order chi connectivity index (χ0) is 24.3. The van der Waals surface area contributed by atoms with E-state index in [1.165, 1.54) is 0 Å². The van der Waals surface area contributed by atoms with Crippen LogP contribution in [0.1, 0.15) is 70.6 Å². The average molecular weight is 472 g/mol. The van der Waals surface area contributed by atoms with E-state index in [1.807, 2.05) is 23.9 Å². The Labute approximate surface area is 203 Å². The van der Waals surface area contributed by atoms with Gasteiger partial charge in [-0.3, -0.25) is 14.5 Å². The molecule has 7 atom stereocenters. The lowest BCUT2D eigenvalue weighted by atomic mass is 9.46. The number of esters is 1. The summed E-state index contributed by atoms with van der Waals surface area (Å²) in [7, 11) is 3.86. The number of nitriles is 1. The molecule has 1 saturated heterocycles. The highest BCUT2D eigenvalue weighted by Crippen LogP contribution is 2.64. The minimum Gasteiger partial charge on any atom is -0.458 e. The fraction of sp³-hybridized carbons (Fsp3) is 0.885. The first-order valence-electron chi connectivity index (χ1n) is 13.3. The van der Waals surface area contributed by atoms with Crippen molar-refractivity contribution >= 4 is 11.9 Å². The SMILES string of the molecule is CN(C)[C@@H](CCCCN)C(=O)OC12CC3CC(C1)CC([C@H](N)C(=O)N1[C@H](C#N)C[C@@H]4C[C@@H]41)(C3)C2. The number of amides is 1. The summed E-state index contributed by atoms with van der Waals surface area (Å²) in [6, 6.07) is 1.30.